The van der Waals surface area contributed by atoms with Crippen molar-refractivity contribution in [3.63, 3.8) is 0 Å². The van der Waals surface area contributed by atoms with Crippen LogP contribution in [0, 0.1) is 11.3 Å². The highest BCUT2D eigenvalue weighted by Crippen LogP contribution is 2.17. The summed E-state index contributed by atoms with van der Waals surface area (Å²) in [5, 5.41) is 11.4. The third-order valence-corrected chi connectivity index (χ3v) is 3.71. The highest BCUT2D eigenvalue weighted by atomic mass is 16.5. The van der Waals surface area contributed by atoms with Gasteiger partial charge in [0, 0.05) is 12.6 Å². The Labute approximate surface area is 158 Å². The summed E-state index contributed by atoms with van der Waals surface area (Å²) in [5.41, 5.74) is 2.29. The lowest BCUT2D eigenvalue weighted by atomic mass is 10.1. The van der Waals surface area contributed by atoms with Crippen LogP contribution in [0.4, 0.5) is 0 Å². The van der Waals surface area contributed by atoms with E-state index in [0.717, 1.165) is 16.9 Å². The number of ether oxygens (including phenoxy) is 2. The number of hydrogen-bond acceptors (Lipinski definition) is 5. The Bertz CT molecular complexity index is 851. The highest BCUT2D eigenvalue weighted by molar-refractivity contribution is 5.89. The van der Waals surface area contributed by atoms with Crippen molar-refractivity contribution in [2.45, 2.75) is 6.42 Å². The summed E-state index contributed by atoms with van der Waals surface area (Å²) in [6, 6.07) is 16.3. The lowest BCUT2D eigenvalue weighted by molar-refractivity contribution is -0.143. The molecule has 0 aromatic heterocycles. The van der Waals surface area contributed by atoms with E-state index in [9.17, 15) is 9.59 Å². The number of rotatable bonds is 8. The van der Waals surface area contributed by atoms with E-state index in [1.165, 1.54) is 6.08 Å². The standard InChI is InChI=1S/C21H20N2O4/c1-26-19-5-3-2-4-18(19)12-13-23-20(24)15-27-21(25)11-10-16-6-8-17(14-22)9-7-16/h2-11H,12-13,15H2,1H3,(H,23,24)/b11-10+. The predicted octanol–water partition coefficient (Wildman–Crippen LogP) is 2.48. The van der Waals surface area contributed by atoms with Crippen LogP contribution in [0.15, 0.2) is 54.6 Å². The Kier molecular flexibility index (Phi) is 7.61. The van der Waals surface area contributed by atoms with Crippen LogP contribution in [0.1, 0.15) is 16.7 Å². The molecule has 1 amide bonds. The molecule has 6 heteroatoms. The smallest absolute Gasteiger partial charge is 0.331 e. The molecule has 0 aliphatic rings. The molecular weight excluding hydrogens is 344 g/mol. The molecule has 0 heterocycles. The minimum atomic E-state index is -0.612. The average molecular weight is 364 g/mol. The van der Waals surface area contributed by atoms with Crippen LogP contribution in [0.5, 0.6) is 5.75 Å². The van der Waals surface area contributed by atoms with Crippen LogP contribution in [0.25, 0.3) is 6.08 Å². The Morgan fingerprint density at radius 1 is 1.15 bits per heavy atom. The normalized spacial score (nSPS) is 10.2. The first-order chi connectivity index (χ1) is 13.1. The molecule has 2 aromatic rings. The van der Waals surface area contributed by atoms with Crippen LogP contribution in [0.2, 0.25) is 0 Å². The number of para-hydroxylation sites is 1. The van der Waals surface area contributed by atoms with Gasteiger partial charge in [-0.2, -0.15) is 5.26 Å². The molecule has 0 aliphatic carbocycles. The molecule has 0 unspecified atom stereocenters. The maximum Gasteiger partial charge on any atom is 0.331 e. The van der Waals surface area contributed by atoms with Crippen molar-refractivity contribution in [1.82, 2.24) is 5.32 Å². The van der Waals surface area contributed by atoms with Crippen LogP contribution in [0.3, 0.4) is 0 Å². The molecule has 2 rings (SSSR count). The van der Waals surface area contributed by atoms with Gasteiger partial charge >= 0.3 is 5.97 Å². The zero-order valence-electron chi connectivity index (χ0n) is 15.0. The van der Waals surface area contributed by atoms with E-state index in [0.29, 0.717) is 18.5 Å². The third-order valence-electron chi connectivity index (χ3n) is 3.71. The van der Waals surface area contributed by atoms with E-state index in [4.69, 9.17) is 14.7 Å². The van der Waals surface area contributed by atoms with Gasteiger partial charge in [-0.1, -0.05) is 30.3 Å². The van der Waals surface area contributed by atoms with Gasteiger partial charge in [0.15, 0.2) is 6.61 Å². The second-order valence-corrected chi connectivity index (χ2v) is 5.59. The second-order valence-electron chi connectivity index (χ2n) is 5.59. The van der Waals surface area contributed by atoms with E-state index in [1.807, 2.05) is 30.3 Å². The molecule has 27 heavy (non-hydrogen) atoms. The van der Waals surface area contributed by atoms with Crippen LogP contribution >= 0.6 is 0 Å². The number of hydrogen-bond donors (Lipinski definition) is 1. The number of nitrogens with zero attached hydrogens (tertiary/aromatic N) is 1. The molecule has 6 nitrogen and oxygen atoms in total. The first kappa shape index (κ1) is 19.7. The summed E-state index contributed by atoms with van der Waals surface area (Å²) >= 11 is 0. The predicted molar refractivity (Wildman–Crippen MR) is 101 cm³/mol. The average Bonchev–Trinajstić information content (AvgIpc) is 2.71. The van der Waals surface area contributed by atoms with Gasteiger partial charge in [-0.15, -0.1) is 0 Å². The van der Waals surface area contributed by atoms with Gasteiger partial charge in [0.2, 0.25) is 0 Å². The van der Waals surface area contributed by atoms with Gasteiger partial charge in [-0.05, 0) is 41.8 Å². The Morgan fingerprint density at radius 2 is 1.89 bits per heavy atom. The zero-order chi connectivity index (χ0) is 19.5. The summed E-state index contributed by atoms with van der Waals surface area (Å²) < 4.78 is 10.2. The lowest BCUT2D eigenvalue weighted by Gasteiger charge is -2.09. The van der Waals surface area contributed by atoms with Gasteiger partial charge < -0.3 is 14.8 Å². The Hall–Kier alpha value is -3.59. The summed E-state index contributed by atoms with van der Waals surface area (Å²) in [7, 11) is 1.60. The molecule has 0 spiro atoms. The molecule has 0 radical (unpaired) electrons. The van der Waals surface area contributed by atoms with Gasteiger partial charge in [-0.3, -0.25) is 4.79 Å². The summed E-state index contributed by atoms with van der Waals surface area (Å²) in [4.78, 5) is 23.4. The topological polar surface area (TPSA) is 88.4 Å². The van der Waals surface area contributed by atoms with Crippen molar-refractivity contribution in [3.05, 3.63) is 71.3 Å². The molecule has 0 bridgehead atoms. The number of esters is 1. The van der Waals surface area contributed by atoms with Crippen molar-refractivity contribution < 1.29 is 19.1 Å². The zero-order valence-corrected chi connectivity index (χ0v) is 15.0. The molecule has 0 saturated heterocycles. The third kappa shape index (κ3) is 6.67. The van der Waals surface area contributed by atoms with E-state index < -0.39 is 5.97 Å². The minimum Gasteiger partial charge on any atom is -0.496 e. The molecular formula is C21H20N2O4. The molecule has 138 valence electrons. The Balaban J connectivity index is 1.70. The number of methoxy groups -OCH3 is 1. The molecule has 0 aliphatic heterocycles. The number of carbonyl (C=O) groups is 2. The van der Waals surface area contributed by atoms with Gasteiger partial charge in [-0.25, -0.2) is 4.79 Å². The fourth-order valence-corrected chi connectivity index (χ4v) is 2.31. The van der Waals surface area contributed by atoms with Crippen molar-refractivity contribution in [2.24, 2.45) is 0 Å². The number of nitriles is 1. The number of carbonyl (C=O) groups excluding carboxylic acids is 2. The van der Waals surface area contributed by atoms with Gasteiger partial charge in [0.1, 0.15) is 5.75 Å². The van der Waals surface area contributed by atoms with Crippen LogP contribution in [-0.4, -0.2) is 32.1 Å². The van der Waals surface area contributed by atoms with E-state index in [-0.39, 0.29) is 12.5 Å². The summed E-state index contributed by atoms with van der Waals surface area (Å²) in [5.74, 6) is -0.213. The van der Waals surface area contributed by atoms with Crippen molar-refractivity contribution in [1.29, 1.82) is 5.26 Å². The van der Waals surface area contributed by atoms with Crippen molar-refractivity contribution in [3.8, 4) is 11.8 Å². The number of nitrogens with one attached hydrogen (secondary N) is 1. The molecule has 2 aromatic carbocycles. The largest absolute Gasteiger partial charge is 0.496 e. The van der Waals surface area contributed by atoms with Crippen molar-refractivity contribution >= 4 is 18.0 Å². The molecule has 0 fully saturated rings. The molecule has 0 saturated carbocycles. The molecule has 1 N–H and O–H groups in total. The second kappa shape index (κ2) is 10.4. The van der Waals surface area contributed by atoms with Crippen LogP contribution in [-0.2, 0) is 20.7 Å². The fourth-order valence-electron chi connectivity index (χ4n) is 2.31. The van der Waals surface area contributed by atoms with Crippen molar-refractivity contribution in [2.75, 3.05) is 20.3 Å². The quantitative estimate of drug-likeness (QED) is 0.574. The maximum atomic E-state index is 11.8. The lowest BCUT2D eigenvalue weighted by Crippen LogP contribution is -2.30. The number of amides is 1. The van der Waals surface area contributed by atoms with Gasteiger partial charge in [0.25, 0.3) is 5.91 Å². The highest BCUT2D eigenvalue weighted by Gasteiger charge is 2.06. The monoisotopic (exact) mass is 364 g/mol. The van der Waals surface area contributed by atoms with Crippen LogP contribution < -0.4 is 10.1 Å². The van der Waals surface area contributed by atoms with E-state index >= 15 is 0 Å². The summed E-state index contributed by atoms with van der Waals surface area (Å²) in [6.07, 6.45) is 3.41. The summed E-state index contributed by atoms with van der Waals surface area (Å²) in [6.45, 7) is 0.0697. The number of benzene rings is 2. The maximum absolute atomic E-state index is 11.8. The fraction of sp³-hybridized carbons (Fsp3) is 0.190. The van der Waals surface area contributed by atoms with E-state index in [2.05, 4.69) is 5.32 Å². The Morgan fingerprint density at radius 3 is 2.59 bits per heavy atom. The van der Waals surface area contributed by atoms with Gasteiger partial charge in [0.05, 0.1) is 18.7 Å². The minimum absolute atomic E-state index is 0.345. The first-order valence-electron chi connectivity index (χ1n) is 8.36. The van der Waals surface area contributed by atoms with E-state index in [1.54, 1.807) is 37.5 Å². The molecule has 0 atom stereocenters. The SMILES string of the molecule is COc1ccccc1CCNC(=O)COC(=O)/C=C/c1ccc(C#N)cc1. The first-order valence-corrected chi connectivity index (χ1v) is 8.36.